The first-order valence-corrected chi connectivity index (χ1v) is 13.1. The summed E-state index contributed by atoms with van der Waals surface area (Å²) in [5.41, 5.74) is -3.36. The molecule has 2 bridgehead atoms. The number of fused-ring (bicyclic) bond motifs is 1. The lowest BCUT2D eigenvalue weighted by Gasteiger charge is -2.84. The van der Waals surface area contributed by atoms with Gasteiger partial charge in [-0.05, 0) is 62.4 Å². The average Bonchev–Trinajstić information content (AvgIpc) is 2.82. The van der Waals surface area contributed by atoms with Gasteiger partial charge in [-0.1, -0.05) is 26.0 Å². The van der Waals surface area contributed by atoms with Gasteiger partial charge in [0.15, 0.2) is 11.6 Å². The van der Waals surface area contributed by atoms with E-state index < -0.39 is 45.9 Å². The molecule has 3 heterocycles. The van der Waals surface area contributed by atoms with Crippen molar-refractivity contribution in [2.24, 2.45) is 51.2 Å². The molecule has 8 rings (SSSR count). The first-order chi connectivity index (χ1) is 16.0. The van der Waals surface area contributed by atoms with Crippen LogP contribution in [0.4, 0.5) is 0 Å². The molecule has 0 aromatic heterocycles. The summed E-state index contributed by atoms with van der Waals surface area (Å²) in [7, 11) is 0. The van der Waals surface area contributed by atoms with E-state index in [2.05, 4.69) is 25.7 Å². The molecule has 0 aromatic carbocycles. The second-order valence-corrected chi connectivity index (χ2v) is 13.0. The van der Waals surface area contributed by atoms with Crippen molar-refractivity contribution in [3.8, 4) is 0 Å². The third-order valence-corrected chi connectivity index (χ3v) is 11.8. The Kier molecular flexibility index (Phi) is 3.92. The molecule has 7 heteroatoms. The normalized spacial score (nSPS) is 54.9. The summed E-state index contributed by atoms with van der Waals surface area (Å²) in [6.07, 6.45) is 2.44. The number of Topliss-reactive ketones (excluding diaryl/α,β-unsaturated/α-hetero) is 3. The Hall–Kier alpha value is -1.41. The zero-order chi connectivity index (χ0) is 24.1. The molecule has 9 atom stereocenters. The third-order valence-electron chi connectivity index (χ3n) is 11.8. The van der Waals surface area contributed by atoms with Gasteiger partial charge in [0.1, 0.15) is 17.3 Å². The largest absolute Gasteiger partial charge is 0.387 e. The molecule has 34 heavy (non-hydrogen) atoms. The number of hydrogen-bond acceptors (Lipinski definition) is 7. The second kappa shape index (κ2) is 6.10. The van der Waals surface area contributed by atoms with Gasteiger partial charge in [-0.2, -0.15) is 0 Å². The SMILES string of the molecule is C=C1C2CCC3C45COC(O)(C(O)C4C(C)(C)CCC5=O)C34C(=O)C1(C(=O)C1CCNCC1)C24. The zero-order valence-corrected chi connectivity index (χ0v) is 20.1. The molecule has 0 amide bonds. The van der Waals surface area contributed by atoms with Crippen molar-refractivity contribution in [2.45, 2.75) is 64.3 Å². The van der Waals surface area contributed by atoms with Crippen LogP contribution in [0, 0.1) is 51.2 Å². The van der Waals surface area contributed by atoms with Gasteiger partial charge in [-0.3, -0.25) is 14.4 Å². The highest BCUT2D eigenvalue weighted by Crippen LogP contribution is 2.87. The van der Waals surface area contributed by atoms with E-state index in [1.807, 2.05) is 0 Å². The molecule has 2 spiro atoms. The summed E-state index contributed by atoms with van der Waals surface area (Å²) in [5, 5.41) is 27.2. The summed E-state index contributed by atoms with van der Waals surface area (Å²) in [6.45, 7) is 9.89. The van der Waals surface area contributed by atoms with Crippen LogP contribution in [0.1, 0.15) is 52.4 Å². The predicted octanol–water partition coefficient (Wildman–Crippen LogP) is 1.41. The molecule has 184 valence electrons. The number of allylic oxidation sites excluding steroid dienone is 1. The highest BCUT2D eigenvalue weighted by molar-refractivity contribution is 6.21. The van der Waals surface area contributed by atoms with E-state index in [-0.39, 0.29) is 41.2 Å². The number of rotatable bonds is 2. The summed E-state index contributed by atoms with van der Waals surface area (Å²) in [4.78, 5) is 42.2. The van der Waals surface area contributed by atoms with Gasteiger partial charge in [-0.25, -0.2) is 0 Å². The number of nitrogens with one attached hydrogen (secondary N) is 1. The van der Waals surface area contributed by atoms with Gasteiger partial charge in [0.25, 0.3) is 0 Å². The van der Waals surface area contributed by atoms with E-state index in [1.165, 1.54) is 0 Å². The summed E-state index contributed by atoms with van der Waals surface area (Å²) in [5.74, 6) is -3.98. The maximum atomic E-state index is 14.5. The van der Waals surface area contributed by atoms with E-state index in [9.17, 15) is 24.6 Å². The standard InChI is InChI=1S/C27H35NO6/c1-13-15-4-5-16-24-12-34-27(33,21(31)19(24)23(2,3)9-6-17(24)29)26(16)18(15)25(13,22(26)32)20(30)14-7-10-28-11-8-14/h14-16,18-19,21,28,31,33H,1,4-12H2,2-3H3. The van der Waals surface area contributed by atoms with E-state index >= 15 is 0 Å². The van der Waals surface area contributed by atoms with Crippen LogP contribution < -0.4 is 5.32 Å². The molecule has 8 fully saturated rings. The van der Waals surface area contributed by atoms with Crippen molar-refractivity contribution in [2.75, 3.05) is 19.7 Å². The van der Waals surface area contributed by atoms with Crippen LogP contribution in [0.15, 0.2) is 12.2 Å². The van der Waals surface area contributed by atoms with Crippen molar-refractivity contribution in [1.29, 1.82) is 0 Å². The van der Waals surface area contributed by atoms with Crippen LogP contribution in [0.3, 0.4) is 0 Å². The number of carbonyl (C=O) groups excluding carboxylic acids is 3. The van der Waals surface area contributed by atoms with E-state index in [0.29, 0.717) is 37.7 Å². The maximum absolute atomic E-state index is 14.5. The average molecular weight is 470 g/mol. The Morgan fingerprint density at radius 2 is 1.82 bits per heavy atom. The molecular weight excluding hydrogens is 434 g/mol. The molecule has 5 aliphatic carbocycles. The molecular formula is C27H35NO6. The quantitative estimate of drug-likeness (QED) is 0.414. The Bertz CT molecular complexity index is 1060. The zero-order valence-electron chi connectivity index (χ0n) is 20.1. The van der Waals surface area contributed by atoms with Gasteiger partial charge in [0.05, 0.1) is 17.4 Å². The summed E-state index contributed by atoms with van der Waals surface area (Å²) in [6, 6.07) is 0. The third kappa shape index (κ3) is 1.81. The summed E-state index contributed by atoms with van der Waals surface area (Å²) < 4.78 is 6.05. The van der Waals surface area contributed by atoms with Crippen molar-refractivity contribution >= 4 is 17.3 Å². The number of piperidine rings is 1. The van der Waals surface area contributed by atoms with Gasteiger partial charge < -0.3 is 20.3 Å². The number of hydrogen-bond donors (Lipinski definition) is 3. The van der Waals surface area contributed by atoms with Gasteiger partial charge in [-0.15, -0.1) is 0 Å². The highest BCUT2D eigenvalue weighted by Gasteiger charge is 2.96. The Labute approximate surface area is 199 Å². The fourth-order valence-corrected chi connectivity index (χ4v) is 10.6. The van der Waals surface area contributed by atoms with Crippen molar-refractivity contribution < 1.29 is 29.3 Å². The Balaban J connectivity index is 1.40. The fourth-order valence-electron chi connectivity index (χ4n) is 10.6. The predicted molar refractivity (Wildman–Crippen MR) is 120 cm³/mol. The minimum atomic E-state index is -2.07. The van der Waals surface area contributed by atoms with Crippen LogP contribution in [0.25, 0.3) is 0 Å². The van der Waals surface area contributed by atoms with E-state index in [0.717, 1.165) is 19.5 Å². The smallest absolute Gasteiger partial charge is 0.205 e. The lowest BCUT2D eigenvalue weighted by molar-refractivity contribution is -0.460. The monoisotopic (exact) mass is 469 g/mol. The highest BCUT2D eigenvalue weighted by atomic mass is 16.6. The Morgan fingerprint density at radius 1 is 1.12 bits per heavy atom. The molecule has 7 nitrogen and oxygen atoms in total. The molecule has 9 unspecified atom stereocenters. The Morgan fingerprint density at radius 3 is 2.53 bits per heavy atom. The van der Waals surface area contributed by atoms with Gasteiger partial charge in [0, 0.05) is 24.2 Å². The topological polar surface area (TPSA) is 113 Å². The molecule has 0 radical (unpaired) electrons. The van der Waals surface area contributed by atoms with Crippen molar-refractivity contribution in [3.63, 3.8) is 0 Å². The van der Waals surface area contributed by atoms with E-state index in [1.54, 1.807) is 0 Å². The number of ketones is 3. The maximum Gasteiger partial charge on any atom is 0.205 e. The fraction of sp³-hybridized carbons (Fsp3) is 0.815. The molecule has 3 saturated heterocycles. The van der Waals surface area contributed by atoms with Gasteiger partial charge in [0.2, 0.25) is 5.79 Å². The molecule has 5 saturated carbocycles. The van der Waals surface area contributed by atoms with Crippen LogP contribution in [0.2, 0.25) is 0 Å². The van der Waals surface area contributed by atoms with Gasteiger partial charge >= 0.3 is 0 Å². The number of aliphatic hydroxyl groups is 2. The van der Waals surface area contributed by atoms with Crippen LogP contribution >= 0.6 is 0 Å². The van der Waals surface area contributed by atoms with Crippen LogP contribution in [0.5, 0.6) is 0 Å². The molecule has 3 N–H and O–H groups in total. The minimum Gasteiger partial charge on any atom is -0.387 e. The van der Waals surface area contributed by atoms with Crippen LogP contribution in [-0.2, 0) is 19.1 Å². The first-order valence-electron chi connectivity index (χ1n) is 13.1. The number of ether oxygens (including phenoxy) is 1. The lowest BCUT2D eigenvalue weighted by atomic mass is 9.18. The lowest BCUT2D eigenvalue weighted by Crippen LogP contribution is -2.95. The van der Waals surface area contributed by atoms with E-state index in [4.69, 9.17) is 4.74 Å². The summed E-state index contributed by atoms with van der Waals surface area (Å²) >= 11 is 0. The molecule has 8 aliphatic rings. The van der Waals surface area contributed by atoms with Crippen molar-refractivity contribution in [1.82, 2.24) is 5.32 Å². The second-order valence-electron chi connectivity index (χ2n) is 13.0. The minimum absolute atomic E-state index is 0.0424. The van der Waals surface area contributed by atoms with Crippen molar-refractivity contribution in [3.05, 3.63) is 12.2 Å². The number of carbonyl (C=O) groups is 3. The molecule has 3 aliphatic heterocycles. The first kappa shape index (κ1) is 21.8. The molecule has 0 aromatic rings. The van der Waals surface area contributed by atoms with Crippen LogP contribution in [-0.4, -0.2) is 59.2 Å². The number of aliphatic hydroxyl groups excluding tert-OH is 1.